The van der Waals surface area contributed by atoms with E-state index in [1.807, 2.05) is 60.0 Å². The van der Waals surface area contributed by atoms with Gasteiger partial charge >= 0.3 is 0 Å². The fourth-order valence-electron chi connectivity index (χ4n) is 4.04. The molecule has 6 rings (SSSR count). The molecular weight excluding hydrogens is 661 g/mol. The van der Waals surface area contributed by atoms with Gasteiger partial charge < -0.3 is 9.97 Å². The first-order valence-corrected chi connectivity index (χ1v) is 13.2. The second-order valence-corrected chi connectivity index (χ2v) is 10.9. The molecular formula is C34H28IrN2S-2. The maximum Gasteiger partial charge on any atom is 0.0347 e. The third-order valence-corrected chi connectivity index (χ3v) is 7.24. The van der Waals surface area contributed by atoms with Gasteiger partial charge in [0.25, 0.3) is 0 Å². The zero-order valence-electron chi connectivity index (χ0n) is 21.6. The van der Waals surface area contributed by atoms with Crippen LogP contribution in [0, 0.1) is 12.1 Å². The van der Waals surface area contributed by atoms with Gasteiger partial charge in [0.2, 0.25) is 0 Å². The number of rotatable bonds is 3. The minimum Gasteiger partial charge on any atom is -0.305 e. The Morgan fingerprint density at radius 1 is 0.711 bits per heavy atom. The molecule has 0 fully saturated rings. The summed E-state index contributed by atoms with van der Waals surface area (Å²) in [6.07, 6.45) is 3.69. The van der Waals surface area contributed by atoms with Gasteiger partial charge in [-0.05, 0) is 46.0 Å². The molecule has 0 saturated heterocycles. The summed E-state index contributed by atoms with van der Waals surface area (Å²) >= 11 is 1.81. The van der Waals surface area contributed by atoms with Gasteiger partial charge in [-0.2, -0.15) is 0 Å². The van der Waals surface area contributed by atoms with Crippen molar-refractivity contribution >= 4 is 21.4 Å². The van der Waals surface area contributed by atoms with Crippen molar-refractivity contribution in [3.05, 3.63) is 133 Å². The molecule has 0 N–H and O–H groups in total. The predicted octanol–water partition coefficient (Wildman–Crippen LogP) is 9.27. The van der Waals surface area contributed by atoms with Crippen LogP contribution in [0.5, 0.6) is 0 Å². The molecule has 4 heteroatoms. The molecule has 0 unspecified atom stereocenters. The van der Waals surface area contributed by atoms with E-state index in [1.54, 1.807) is 6.20 Å². The van der Waals surface area contributed by atoms with E-state index in [9.17, 15) is 0 Å². The molecule has 0 aliphatic carbocycles. The van der Waals surface area contributed by atoms with Gasteiger partial charge in [0.1, 0.15) is 0 Å². The molecule has 3 aromatic carbocycles. The van der Waals surface area contributed by atoms with Crippen molar-refractivity contribution in [1.82, 2.24) is 9.97 Å². The number of pyridine rings is 2. The molecule has 6 aromatic rings. The maximum atomic E-state index is 4.65. The molecule has 0 aliphatic rings. The number of hydrogen-bond acceptors (Lipinski definition) is 3. The SMILES string of the molecule is CC(C)(C)c1c[c-]c(-c2nccc3sc(-c4ccccc4)cc23)cc1.[Ir].[c-]1ccccc1-c1ccccn1. The van der Waals surface area contributed by atoms with Crippen LogP contribution in [0.1, 0.15) is 26.3 Å². The molecule has 2 nitrogen and oxygen atoms in total. The summed E-state index contributed by atoms with van der Waals surface area (Å²) in [7, 11) is 0. The summed E-state index contributed by atoms with van der Waals surface area (Å²) in [4.78, 5) is 10.1. The Kier molecular flexibility index (Phi) is 9.01. The summed E-state index contributed by atoms with van der Waals surface area (Å²) in [6, 6.07) is 41.6. The van der Waals surface area contributed by atoms with Crippen molar-refractivity contribution in [2.45, 2.75) is 26.2 Å². The third kappa shape index (κ3) is 6.52. The van der Waals surface area contributed by atoms with Crippen molar-refractivity contribution in [2.75, 3.05) is 0 Å². The topological polar surface area (TPSA) is 25.8 Å². The van der Waals surface area contributed by atoms with Gasteiger partial charge in [-0.3, -0.25) is 0 Å². The number of fused-ring (bicyclic) bond motifs is 1. The van der Waals surface area contributed by atoms with Crippen molar-refractivity contribution in [1.29, 1.82) is 0 Å². The van der Waals surface area contributed by atoms with Crippen LogP contribution >= 0.6 is 11.3 Å². The van der Waals surface area contributed by atoms with Crippen LogP contribution in [0.4, 0.5) is 0 Å². The largest absolute Gasteiger partial charge is 0.305 e. The molecule has 0 aliphatic heterocycles. The monoisotopic (exact) mass is 689 g/mol. The predicted molar refractivity (Wildman–Crippen MR) is 157 cm³/mol. The summed E-state index contributed by atoms with van der Waals surface area (Å²) in [5.41, 5.74) is 6.75. The first-order valence-electron chi connectivity index (χ1n) is 12.3. The van der Waals surface area contributed by atoms with Crippen LogP contribution in [0.15, 0.2) is 116 Å². The maximum absolute atomic E-state index is 4.65. The van der Waals surface area contributed by atoms with Crippen molar-refractivity contribution in [3.8, 4) is 33.0 Å². The summed E-state index contributed by atoms with van der Waals surface area (Å²) in [5.74, 6) is 0. The van der Waals surface area contributed by atoms with E-state index in [0.29, 0.717) is 0 Å². The van der Waals surface area contributed by atoms with Gasteiger partial charge in [-0.1, -0.05) is 63.2 Å². The Hall–Kier alpha value is -3.43. The van der Waals surface area contributed by atoms with Gasteiger partial charge in [0.15, 0.2) is 0 Å². The van der Waals surface area contributed by atoms with E-state index in [0.717, 1.165) is 22.5 Å². The minimum absolute atomic E-state index is 0. The minimum atomic E-state index is 0. The van der Waals surface area contributed by atoms with E-state index in [4.69, 9.17) is 0 Å². The van der Waals surface area contributed by atoms with Crippen LogP contribution in [-0.4, -0.2) is 9.97 Å². The molecule has 38 heavy (non-hydrogen) atoms. The van der Waals surface area contributed by atoms with Crippen molar-refractivity contribution in [2.24, 2.45) is 0 Å². The van der Waals surface area contributed by atoms with Gasteiger partial charge in [-0.15, -0.1) is 82.6 Å². The molecule has 191 valence electrons. The fourth-order valence-corrected chi connectivity index (χ4v) is 5.10. The van der Waals surface area contributed by atoms with Crippen LogP contribution in [0.2, 0.25) is 0 Å². The standard InChI is InChI=1S/C23H20NS.C11H8N.Ir/c1-23(2,3)18-11-9-17(10-12-18)22-19-15-21(16-7-5-4-6-8-16)25-20(19)13-14-24-22;1-2-6-10(7-3-1)11-8-4-5-9-12-11;/h4-9,11-15H,1-3H3;1-6,8-9H;/q2*-1;. The molecule has 3 aromatic heterocycles. The smallest absolute Gasteiger partial charge is 0.0347 e. The van der Waals surface area contributed by atoms with E-state index in [1.165, 1.54) is 26.1 Å². The molecule has 0 bridgehead atoms. The van der Waals surface area contributed by atoms with Crippen LogP contribution in [0.25, 0.3) is 43.0 Å². The number of hydrogen-bond donors (Lipinski definition) is 0. The second-order valence-electron chi connectivity index (χ2n) is 9.78. The van der Waals surface area contributed by atoms with E-state index in [-0.39, 0.29) is 25.5 Å². The van der Waals surface area contributed by atoms with E-state index >= 15 is 0 Å². The fraction of sp³-hybridized carbons (Fsp3) is 0.118. The molecule has 0 atom stereocenters. The first-order chi connectivity index (χ1) is 18.0. The molecule has 3 heterocycles. The summed E-state index contributed by atoms with van der Waals surface area (Å²) in [5, 5.41) is 1.20. The summed E-state index contributed by atoms with van der Waals surface area (Å²) < 4.78 is 1.26. The van der Waals surface area contributed by atoms with Crippen LogP contribution in [-0.2, 0) is 25.5 Å². The van der Waals surface area contributed by atoms with Crippen LogP contribution in [0.3, 0.4) is 0 Å². The second kappa shape index (κ2) is 12.4. The van der Waals surface area contributed by atoms with Crippen LogP contribution < -0.4 is 0 Å². The Labute approximate surface area is 242 Å². The van der Waals surface area contributed by atoms with E-state index in [2.05, 4.69) is 104 Å². The third-order valence-electron chi connectivity index (χ3n) is 6.09. The zero-order chi connectivity index (χ0) is 25.7. The number of thiophene rings is 1. The normalized spacial score (nSPS) is 10.8. The molecule has 1 radical (unpaired) electrons. The zero-order valence-corrected chi connectivity index (χ0v) is 24.8. The van der Waals surface area contributed by atoms with Gasteiger partial charge in [0, 0.05) is 42.1 Å². The number of benzene rings is 3. The average Bonchev–Trinajstić information content (AvgIpc) is 3.39. The van der Waals surface area contributed by atoms with Crippen molar-refractivity contribution < 1.29 is 20.1 Å². The molecule has 0 saturated carbocycles. The Balaban J connectivity index is 0.000000218. The Bertz CT molecular complexity index is 1530. The summed E-state index contributed by atoms with van der Waals surface area (Å²) in [6.45, 7) is 6.67. The number of nitrogens with zero attached hydrogens (tertiary/aromatic N) is 2. The van der Waals surface area contributed by atoms with Gasteiger partial charge in [-0.25, -0.2) is 0 Å². The first kappa shape index (κ1) is 27.6. The quantitative estimate of drug-likeness (QED) is 0.173. The Morgan fingerprint density at radius 2 is 1.50 bits per heavy atom. The van der Waals surface area contributed by atoms with E-state index < -0.39 is 0 Å². The van der Waals surface area contributed by atoms with Crippen molar-refractivity contribution in [3.63, 3.8) is 0 Å². The number of aromatic nitrogens is 2. The molecule has 0 amide bonds. The van der Waals surface area contributed by atoms with Gasteiger partial charge in [0.05, 0.1) is 0 Å². The Morgan fingerprint density at radius 3 is 2.16 bits per heavy atom. The average molecular weight is 689 g/mol. The molecule has 0 spiro atoms.